The minimum absolute atomic E-state index is 1.04. The second kappa shape index (κ2) is 3.74. The number of fused-ring (bicyclic) bond motifs is 1. The van der Waals surface area contributed by atoms with Gasteiger partial charge < -0.3 is 4.57 Å². The Hall–Kier alpha value is -1.64. The number of rotatable bonds is 1. The first-order valence-corrected chi connectivity index (χ1v) is 5.81. The highest BCUT2D eigenvalue weighted by Crippen LogP contribution is 2.26. The van der Waals surface area contributed by atoms with Crippen LogP contribution in [0.4, 0.5) is 0 Å². The zero-order chi connectivity index (χ0) is 11.0. The lowest BCUT2D eigenvalue weighted by Gasteiger charge is -2.11. The Morgan fingerprint density at radius 3 is 3.00 bits per heavy atom. The highest BCUT2D eigenvalue weighted by molar-refractivity contribution is 5.78. The molecular formula is C13H15N3. The van der Waals surface area contributed by atoms with Crippen molar-refractivity contribution in [3.63, 3.8) is 0 Å². The summed E-state index contributed by atoms with van der Waals surface area (Å²) in [5.74, 6) is 0. The third-order valence-electron chi connectivity index (χ3n) is 3.23. The summed E-state index contributed by atoms with van der Waals surface area (Å²) in [6.45, 7) is 0. The maximum atomic E-state index is 4.53. The number of hydrogen-bond acceptors (Lipinski definition) is 2. The van der Waals surface area contributed by atoms with E-state index in [0.29, 0.717) is 0 Å². The van der Waals surface area contributed by atoms with Gasteiger partial charge in [-0.2, -0.15) is 0 Å². The van der Waals surface area contributed by atoms with E-state index in [2.05, 4.69) is 22.1 Å². The number of imidazole rings is 1. The van der Waals surface area contributed by atoms with Crippen molar-refractivity contribution in [3.05, 3.63) is 30.4 Å². The maximum absolute atomic E-state index is 4.53. The number of nitrogens with zero attached hydrogens (tertiary/aromatic N) is 3. The van der Waals surface area contributed by atoms with E-state index in [1.165, 1.54) is 24.8 Å². The zero-order valence-electron chi connectivity index (χ0n) is 9.48. The molecule has 0 unspecified atom stereocenters. The molecule has 2 aromatic heterocycles. The van der Waals surface area contributed by atoms with Gasteiger partial charge in [-0.1, -0.05) is 6.08 Å². The summed E-state index contributed by atoms with van der Waals surface area (Å²) in [5.41, 5.74) is 4.63. The first-order valence-electron chi connectivity index (χ1n) is 5.81. The zero-order valence-corrected chi connectivity index (χ0v) is 9.48. The van der Waals surface area contributed by atoms with Crippen LogP contribution in [0.15, 0.2) is 24.7 Å². The molecule has 0 radical (unpaired) electrons. The summed E-state index contributed by atoms with van der Waals surface area (Å²) in [6, 6.07) is 2.10. The number of pyridine rings is 1. The molecule has 1 aliphatic carbocycles. The Morgan fingerprint density at radius 1 is 1.25 bits per heavy atom. The summed E-state index contributed by atoms with van der Waals surface area (Å²) >= 11 is 0. The Labute approximate surface area is 94.8 Å². The molecule has 0 N–H and O–H groups in total. The molecule has 2 aromatic rings. The van der Waals surface area contributed by atoms with Crippen molar-refractivity contribution in [2.24, 2.45) is 7.05 Å². The lowest BCUT2D eigenvalue weighted by molar-refractivity contribution is 0.740. The number of hydrogen-bond donors (Lipinski definition) is 0. The van der Waals surface area contributed by atoms with E-state index in [1.54, 1.807) is 0 Å². The van der Waals surface area contributed by atoms with Gasteiger partial charge in [-0.3, -0.25) is 4.98 Å². The van der Waals surface area contributed by atoms with Crippen LogP contribution < -0.4 is 0 Å². The summed E-state index contributed by atoms with van der Waals surface area (Å²) < 4.78 is 2.00. The summed E-state index contributed by atoms with van der Waals surface area (Å²) in [5, 5.41) is 0. The van der Waals surface area contributed by atoms with E-state index in [4.69, 9.17) is 0 Å². The Morgan fingerprint density at radius 2 is 2.19 bits per heavy atom. The average molecular weight is 213 g/mol. The lowest BCUT2D eigenvalue weighted by atomic mass is 9.97. The largest absolute Gasteiger partial charge is 0.332 e. The molecule has 1 aliphatic rings. The van der Waals surface area contributed by atoms with Crippen LogP contribution in [0.25, 0.3) is 16.6 Å². The third kappa shape index (κ3) is 1.52. The van der Waals surface area contributed by atoms with E-state index < -0.39 is 0 Å². The van der Waals surface area contributed by atoms with Crippen molar-refractivity contribution in [1.82, 2.24) is 14.5 Å². The lowest BCUT2D eigenvalue weighted by Crippen LogP contribution is -1.95. The summed E-state index contributed by atoms with van der Waals surface area (Å²) in [6.07, 6.45) is 11.0. The molecule has 2 heterocycles. The summed E-state index contributed by atoms with van der Waals surface area (Å²) in [4.78, 5) is 8.90. The van der Waals surface area contributed by atoms with Crippen molar-refractivity contribution >= 4 is 16.6 Å². The van der Waals surface area contributed by atoms with Crippen LogP contribution in [0.3, 0.4) is 0 Å². The predicted molar refractivity (Wildman–Crippen MR) is 65.0 cm³/mol. The van der Waals surface area contributed by atoms with Gasteiger partial charge in [-0.25, -0.2) is 4.98 Å². The molecule has 0 aromatic carbocycles. The van der Waals surface area contributed by atoms with Crippen molar-refractivity contribution in [3.8, 4) is 0 Å². The molecule has 16 heavy (non-hydrogen) atoms. The molecular weight excluding hydrogens is 198 g/mol. The molecule has 0 bridgehead atoms. The molecule has 0 fully saturated rings. The standard InChI is InChI=1S/C13H15N3/c1-16-9-15-12-7-11(14-8-13(12)16)10-5-3-2-4-6-10/h5,7-9H,2-4,6H2,1H3. The average Bonchev–Trinajstić information content (AvgIpc) is 2.72. The van der Waals surface area contributed by atoms with E-state index >= 15 is 0 Å². The molecule has 0 saturated heterocycles. The fraction of sp³-hybridized carbons (Fsp3) is 0.385. The van der Waals surface area contributed by atoms with Gasteiger partial charge in [0.2, 0.25) is 0 Å². The van der Waals surface area contributed by atoms with Gasteiger partial charge in [0, 0.05) is 7.05 Å². The van der Waals surface area contributed by atoms with Crippen molar-refractivity contribution in [1.29, 1.82) is 0 Å². The monoisotopic (exact) mass is 213 g/mol. The van der Waals surface area contributed by atoms with Crippen molar-refractivity contribution in [2.75, 3.05) is 0 Å². The van der Waals surface area contributed by atoms with Gasteiger partial charge in [0.15, 0.2) is 0 Å². The predicted octanol–water partition coefficient (Wildman–Crippen LogP) is 2.93. The fourth-order valence-corrected chi connectivity index (χ4v) is 2.27. The van der Waals surface area contributed by atoms with Gasteiger partial charge in [-0.15, -0.1) is 0 Å². The minimum atomic E-state index is 1.04. The normalized spacial score (nSPS) is 16.4. The fourth-order valence-electron chi connectivity index (χ4n) is 2.27. The van der Waals surface area contributed by atoms with Gasteiger partial charge in [0.05, 0.1) is 29.3 Å². The molecule has 82 valence electrons. The van der Waals surface area contributed by atoms with Crippen LogP contribution in [0.1, 0.15) is 31.4 Å². The summed E-state index contributed by atoms with van der Waals surface area (Å²) in [7, 11) is 2.00. The van der Waals surface area contributed by atoms with Gasteiger partial charge in [-0.05, 0) is 37.3 Å². The molecule has 0 spiro atoms. The molecule has 0 amide bonds. The Kier molecular flexibility index (Phi) is 2.24. The van der Waals surface area contributed by atoms with E-state index in [1.807, 2.05) is 24.1 Å². The number of allylic oxidation sites excluding steroid dienone is 2. The van der Waals surface area contributed by atoms with Crippen LogP contribution in [0.2, 0.25) is 0 Å². The van der Waals surface area contributed by atoms with E-state index in [9.17, 15) is 0 Å². The second-order valence-electron chi connectivity index (χ2n) is 4.39. The van der Waals surface area contributed by atoms with Crippen molar-refractivity contribution in [2.45, 2.75) is 25.7 Å². The molecule has 3 rings (SSSR count). The van der Waals surface area contributed by atoms with Gasteiger partial charge >= 0.3 is 0 Å². The number of aromatic nitrogens is 3. The smallest absolute Gasteiger partial charge is 0.0956 e. The second-order valence-corrected chi connectivity index (χ2v) is 4.39. The van der Waals surface area contributed by atoms with Crippen LogP contribution in [-0.4, -0.2) is 14.5 Å². The SMILES string of the molecule is Cn1cnc2cc(C3=CCCCC3)ncc21. The van der Waals surface area contributed by atoms with E-state index in [0.717, 1.165) is 23.1 Å². The molecule has 3 nitrogen and oxygen atoms in total. The molecule has 3 heteroatoms. The molecule has 0 aliphatic heterocycles. The topological polar surface area (TPSA) is 30.7 Å². The minimum Gasteiger partial charge on any atom is -0.332 e. The Balaban J connectivity index is 2.07. The highest BCUT2D eigenvalue weighted by Gasteiger charge is 2.09. The molecule has 0 atom stereocenters. The first-order chi connectivity index (χ1) is 7.84. The van der Waals surface area contributed by atoms with Gasteiger partial charge in [0.25, 0.3) is 0 Å². The Bertz CT molecular complexity index is 551. The maximum Gasteiger partial charge on any atom is 0.0956 e. The van der Waals surface area contributed by atoms with Crippen LogP contribution in [0.5, 0.6) is 0 Å². The third-order valence-corrected chi connectivity index (χ3v) is 3.23. The van der Waals surface area contributed by atoms with Crippen LogP contribution >= 0.6 is 0 Å². The van der Waals surface area contributed by atoms with E-state index in [-0.39, 0.29) is 0 Å². The highest BCUT2D eigenvalue weighted by atomic mass is 15.0. The van der Waals surface area contributed by atoms with Gasteiger partial charge in [0.1, 0.15) is 0 Å². The van der Waals surface area contributed by atoms with Crippen molar-refractivity contribution < 1.29 is 0 Å². The first kappa shape index (κ1) is 9.58. The molecule has 0 saturated carbocycles. The van der Waals surface area contributed by atoms with Crippen LogP contribution in [0, 0.1) is 0 Å². The quantitative estimate of drug-likeness (QED) is 0.729. The van der Waals surface area contributed by atoms with Crippen LogP contribution in [-0.2, 0) is 7.05 Å². The number of aryl methyl sites for hydroxylation is 1.